The number of amides is 1. The molecule has 2 saturated heterocycles. The second-order valence-electron chi connectivity index (χ2n) is 7.19. The number of aromatic nitrogens is 4. The van der Waals surface area contributed by atoms with Crippen molar-refractivity contribution in [1.82, 2.24) is 24.8 Å². The Balaban J connectivity index is 1.51. The van der Waals surface area contributed by atoms with Gasteiger partial charge >= 0.3 is 0 Å². The Morgan fingerprint density at radius 1 is 1.35 bits per heavy atom. The second-order valence-corrected chi connectivity index (χ2v) is 7.19. The number of rotatable bonds is 2. The van der Waals surface area contributed by atoms with Gasteiger partial charge in [-0.15, -0.1) is 0 Å². The minimum atomic E-state index is -0.415. The molecule has 8 nitrogen and oxygen atoms in total. The molecule has 2 atom stereocenters. The van der Waals surface area contributed by atoms with Gasteiger partial charge in [-0.25, -0.2) is 0 Å². The maximum atomic E-state index is 13.2. The molecule has 0 unspecified atom stereocenters. The van der Waals surface area contributed by atoms with Crippen LogP contribution in [-0.4, -0.2) is 57.0 Å². The van der Waals surface area contributed by atoms with Crippen molar-refractivity contribution in [3.8, 4) is 0 Å². The summed E-state index contributed by atoms with van der Waals surface area (Å²) in [6.45, 7) is 3.99. The van der Waals surface area contributed by atoms with Gasteiger partial charge in [0.1, 0.15) is 0 Å². The number of carbonyl (C=O) groups excluding carboxylic acids is 1. The van der Waals surface area contributed by atoms with Gasteiger partial charge in [0.2, 0.25) is 5.89 Å². The van der Waals surface area contributed by atoms with Crippen LogP contribution >= 0.6 is 0 Å². The van der Waals surface area contributed by atoms with Crippen molar-refractivity contribution in [2.45, 2.75) is 12.3 Å². The first kappa shape index (κ1) is 15.5. The van der Waals surface area contributed by atoms with E-state index in [2.05, 4.69) is 15.2 Å². The van der Waals surface area contributed by atoms with Crippen molar-refractivity contribution in [1.29, 1.82) is 0 Å². The summed E-state index contributed by atoms with van der Waals surface area (Å²) in [6.07, 6.45) is 0. The monoisotopic (exact) mass is 353 g/mol. The SMILES string of the molecule is Cc1noc([C@]23COC[C@H]2CN(C(=O)c2nn(C)c4ccccc24)C3)n1. The summed E-state index contributed by atoms with van der Waals surface area (Å²) in [4.78, 5) is 19.5. The van der Waals surface area contributed by atoms with Crippen LogP contribution in [0, 0.1) is 12.8 Å². The smallest absolute Gasteiger partial charge is 0.275 e. The Morgan fingerprint density at radius 3 is 3.00 bits per heavy atom. The molecular formula is C18H19N5O3. The zero-order valence-electron chi connectivity index (χ0n) is 14.7. The minimum absolute atomic E-state index is 0.0631. The van der Waals surface area contributed by atoms with Crippen LogP contribution in [0.15, 0.2) is 28.8 Å². The average Bonchev–Trinajstić information content (AvgIpc) is 3.37. The van der Waals surface area contributed by atoms with Crippen molar-refractivity contribution < 1.29 is 14.1 Å². The molecule has 2 fully saturated rings. The molecule has 3 aromatic rings. The van der Waals surface area contributed by atoms with Gasteiger partial charge in [0.05, 0.1) is 24.1 Å². The molecule has 4 heterocycles. The van der Waals surface area contributed by atoms with E-state index in [4.69, 9.17) is 9.26 Å². The van der Waals surface area contributed by atoms with Crippen molar-refractivity contribution >= 4 is 16.8 Å². The molecule has 0 bridgehead atoms. The van der Waals surface area contributed by atoms with Crippen molar-refractivity contribution in [2.24, 2.45) is 13.0 Å². The first-order valence-corrected chi connectivity index (χ1v) is 8.68. The number of nitrogens with zero attached hydrogens (tertiary/aromatic N) is 5. The molecule has 0 spiro atoms. The number of aryl methyl sites for hydroxylation is 2. The normalized spacial score (nSPS) is 25.2. The standard InChI is InChI=1S/C18H19N5O3/c1-11-19-17(26-21-11)18-9-23(7-12(18)8-25-10-18)16(24)15-13-5-3-4-6-14(13)22(2)20-15/h3-6,12H,7-10H2,1-2H3/t12-,18-/m1/s1. The van der Waals surface area contributed by atoms with E-state index >= 15 is 0 Å². The maximum Gasteiger partial charge on any atom is 0.275 e. The number of hydrogen-bond donors (Lipinski definition) is 0. The Bertz CT molecular complexity index is 1010. The van der Waals surface area contributed by atoms with Crippen molar-refractivity contribution in [2.75, 3.05) is 26.3 Å². The molecule has 2 aromatic heterocycles. The van der Waals surface area contributed by atoms with Crippen LogP contribution in [0.3, 0.4) is 0 Å². The highest BCUT2D eigenvalue weighted by Gasteiger charge is 2.56. The van der Waals surface area contributed by atoms with Gasteiger partial charge in [0, 0.05) is 31.4 Å². The van der Waals surface area contributed by atoms with E-state index in [0.29, 0.717) is 43.7 Å². The second kappa shape index (κ2) is 5.38. The molecule has 0 saturated carbocycles. The molecular weight excluding hydrogens is 334 g/mol. The van der Waals surface area contributed by atoms with Gasteiger partial charge in [-0.2, -0.15) is 10.1 Å². The lowest BCUT2D eigenvalue weighted by Gasteiger charge is -2.22. The Hall–Kier alpha value is -2.74. The maximum absolute atomic E-state index is 13.2. The van der Waals surface area contributed by atoms with E-state index in [1.807, 2.05) is 36.2 Å². The van der Waals surface area contributed by atoms with Crippen LogP contribution in [-0.2, 0) is 17.2 Å². The van der Waals surface area contributed by atoms with E-state index in [1.54, 1.807) is 11.6 Å². The minimum Gasteiger partial charge on any atom is -0.380 e. The van der Waals surface area contributed by atoms with E-state index in [-0.39, 0.29) is 11.8 Å². The largest absolute Gasteiger partial charge is 0.380 e. The number of para-hydroxylation sites is 1. The van der Waals surface area contributed by atoms with Crippen LogP contribution in [0.4, 0.5) is 0 Å². The topological polar surface area (TPSA) is 86.3 Å². The van der Waals surface area contributed by atoms with Gasteiger partial charge in [0.25, 0.3) is 5.91 Å². The first-order chi connectivity index (χ1) is 12.6. The van der Waals surface area contributed by atoms with Gasteiger partial charge in [-0.1, -0.05) is 23.4 Å². The third kappa shape index (κ3) is 2.05. The summed E-state index contributed by atoms with van der Waals surface area (Å²) < 4.78 is 12.9. The van der Waals surface area contributed by atoms with E-state index in [9.17, 15) is 4.79 Å². The zero-order valence-corrected chi connectivity index (χ0v) is 14.7. The van der Waals surface area contributed by atoms with Crippen LogP contribution in [0.25, 0.3) is 10.9 Å². The lowest BCUT2D eigenvalue weighted by Crippen LogP contribution is -2.37. The predicted molar refractivity (Wildman–Crippen MR) is 91.6 cm³/mol. The predicted octanol–water partition coefficient (Wildman–Crippen LogP) is 1.30. The number of benzene rings is 1. The number of hydrogen-bond acceptors (Lipinski definition) is 6. The lowest BCUT2D eigenvalue weighted by atomic mass is 9.81. The van der Waals surface area contributed by atoms with Gasteiger partial charge in [-0.3, -0.25) is 9.48 Å². The van der Waals surface area contributed by atoms with Crippen LogP contribution in [0.2, 0.25) is 0 Å². The Kier molecular flexibility index (Phi) is 3.21. The molecule has 0 radical (unpaired) electrons. The molecule has 1 amide bonds. The quantitative estimate of drug-likeness (QED) is 0.690. The highest BCUT2D eigenvalue weighted by Crippen LogP contribution is 2.43. The van der Waals surface area contributed by atoms with Gasteiger partial charge in [-0.05, 0) is 13.0 Å². The molecule has 2 aliphatic heterocycles. The summed E-state index contributed by atoms with van der Waals surface area (Å²) >= 11 is 0. The van der Waals surface area contributed by atoms with E-state index < -0.39 is 5.41 Å². The van der Waals surface area contributed by atoms with Gasteiger partial charge in [0.15, 0.2) is 11.5 Å². The molecule has 8 heteroatoms. The van der Waals surface area contributed by atoms with Crippen LogP contribution < -0.4 is 0 Å². The highest BCUT2D eigenvalue weighted by molar-refractivity contribution is 6.05. The fourth-order valence-electron chi connectivity index (χ4n) is 4.21. The summed E-state index contributed by atoms with van der Waals surface area (Å²) in [6, 6.07) is 7.78. The molecule has 2 aliphatic rings. The summed E-state index contributed by atoms with van der Waals surface area (Å²) in [5.74, 6) is 1.26. The average molecular weight is 353 g/mol. The van der Waals surface area contributed by atoms with E-state index in [1.165, 1.54) is 0 Å². The van der Waals surface area contributed by atoms with Crippen molar-refractivity contribution in [3.63, 3.8) is 0 Å². The fourth-order valence-corrected chi connectivity index (χ4v) is 4.21. The zero-order chi connectivity index (χ0) is 17.9. The Morgan fingerprint density at radius 2 is 2.19 bits per heavy atom. The number of ether oxygens (including phenoxy) is 1. The summed E-state index contributed by atoms with van der Waals surface area (Å²) in [5, 5.41) is 9.27. The summed E-state index contributed by atoms with van der Waals surface area (Å²) in [5.41, 5.74) is 1.02. The molecule has 1 aromatic carbocycles. The van der Waals surface area contributed by atoms with Crippen LogP contribution in [0.1, 0.15) is 22.2 Å². The van der Waals surface area contributed by atoms with E-state index in [0.717, 1.165) is 10.9 Å². The molecule has 0 N–H and O–H groups in total. The molecule has 134 valence electrons. The molecule has 0 aliphatic carbocycles. The number of likely N-dealkylation sites (tertiary alicyclic amines) is 1. The fraction of sp³-hybridized carbons (Fsp3) is 0.444. The third-order valence-corrected chi connectivity index (χ3v) is 5.58. The Labute approximate surface area is 149 Å². The van der Waals surface area contributed by atoms with Gasteiger partial charge < -0.3 is 14.2 Å². The third-order valence-electron chi connectivity index (χ3n) is 5.58. The van der Waals surface area contributed by atoms with Crippen LogP contribution in [0.5, 0.6) is 0 Å². The number of carbonyl (C=O) groups is 1. The summed E-state index contributed by atoms with van der Waals surface area (Å²) in [7, 11) is 1.86. The first-order valence-electron chi connectivity index (χ1n) is 8.68. The molecule has 26 heavy (non-hydrogen) atoms. The lowest BCUT2D eigenvalue weighted by molar-refractivity contribution is 0.0732. The van der Waals surface area contributed by atoms with Crippen molar-refractivity contribution in [3.05, 3.63) is 41.7 Å². The highest BCUT2D eigenvalue weighted by atomic mass is 16.5. The number of fused-ring (bicyclic) bond motifs is 2. The molecule has 5 rings (SSSR count).